The number of carboxylic acid groups (broad SMARTS) is 2. The molecule has 0 saturated carbocycles. The van der Waals surface area contributed by atoms with Crippen molar-refractivity contribution in [3.05, 3.63) is 30.1 Å². The van der Waals surface area contributed by atoms with Gasteiger partial charge in [0.25, 0.3) is 0 Å². The van der Waals surface area contributed by atoms with Crippen LogP contribution >= 0.6 is 0 Å². The number of pyridine rings is 1. The Hall–Kier alpha value is -2.28. The van der Waals surface area contributed by atoms with Gasteiger partial charge in [-0.2, -0.15) is 0 Å². The molecule has 2 N–H and O–H groups in total. The first-order valence-electron chi connectivity index (χ1n) is 6.95. The zero-order chi connectivity index (χ0) is 16.5. The topological polar surface area (TPSA) is 108 Å². The fourth-order valence-electron chi connectivity index (χ4n) is 2.30. The van der Waals surface area contributed by atoms with Gasteiger partial charge in [0.15, 0.2) is 5.78 Å². The van der Waals surface area contributed by atoms with E-state index in [2.05, 4.69) is 23.0 Å². The summed E-state index contributed by atoms with van der Waals surface area (Å²) in [6, 6.07) is 4.79. The molecule has 0 aromatic carbocycles. The van der Waals surface area contributed by atoms with Gasteiger partial charge in [0, 0.05) is 18.4 Å². The average molecular weight is 308 g/mol. The fourth-order valence-corrected chi connectivity index (χ4v) is 2.30. The monoisotopic (exact) mass is 308 g/mol. The highest BCUT2D eigenvalue weighted by molar-refractivity contribution is 6.02. The van der Waals surface area contributed by atoms with Gasteiger partial charge in [0.1, 0.15) is 12.8 Å². The summed E-state index contributed by atoms with van der Waals surface area (Å²) in [6.07, 6.45) is 4.97. The summed E-state index contributed by atoms with van der Waals surface area (Å²) in [6.45, 7) is 1.22. The van der Waals surface area contributed by atoms with E-state index in [0.29, 0.717) is 6.04 Å². The number of aromatic nitrogens is 1. The Kier molecular flexibility index (Phi) is 7.18. The summed E-state index contributed by atoms with van der Waals surface area (Å²) in [5.41, 5.74) is 1.36. The smallest absolute Gasteiger partial charge is 0.310 e. The van der Waals surface area contributed by atoms with Crippen molar-refractivity contribution >= 4 is 17.7 Å². The molecule has 1 fully saturated rings. The number of hydrogen-bond acceptors (Lipinski definition) is 5. The summed E-state index contributed by atoms with van der Waals surface area (Å²) in [5, 5.41) is 16.0. The van der Waals surface area contributed by atoms with Crippen LogP contribution in [-0.2, 0) is 14.4 Å². The van der Waals surface area contributed by atoms with E-state index in [0.717, 1.165) is 0 Å². The number of aliphatic carboxylic acids is 2. The van der Waals surface area contributed by atoms with Gasteiger partial charge in [0.2, 0.25) is 0 Å². The van der Waals surface area contributed by atoms with Crippen molar-refractivity contribution in [2.75, 3.05) is 13.6 Å². The highest BCUT2D eigenvalue weighted by Gasteiger charge is 2.21. The predicted molar refractivity (Wildman–Crippen MR) is 78.4 cm³/mol. The number of carbonyl (C=O) groups is 3. The van der Waals surface area contributed by atoms with Gasteiger partial charge < -0.3 is 10.2 Å². The molecule has 2 rings (SSSR count). The highest BCUT2D eigenvalue weighted by Crippen LogP contribution is 2.29. The molecule has 120 valence electrons. The number of Topliss-reactive ketones (excluding diaryl/α,β-unsaturated/α-hetero) is 1. The minimum Gasteiger partial charge on any atom is -0.481 e. The van der Waals surface area contributed by atoms with E-state index in [4.69, 9.17) is 10.2 Å². The van der Waals surface area contributed by atoms with E-state index in [1.165, 1.54) is 24.9 Å². The largest absolute Gasteiger partial charge is 0.481 e. The molecule has 0 radical (unpaired) electrons. The Morgan fingerprint density at radius 3 is 2.32 bits per heavy atom. The van der Waals surface area contributed by atoms with Crippen molar-refractivity contribution < 1.29 is 24.6 Å². The molecule has 1 unspecified atom stereocenters. The molecule has 0 bridgehead atoms. The summed E-state index contributed by atoms with van der Waals surface area (Å²) in [5.74, 6) is -3.39. The van der Waals surface area contributed by atoms with Crippen molar-refractivity contribution in [1.29, 1.82) is 0 Å². The van der Waals surface area contributed by atoms with Crippen molar-refractivity contribution in [3.8, 4) is 0 Å². The third-order valence-corrected chi connectivity index (χ3v) is 3.29. The Balaban J connectivity index is 0.000000225. The Bertz CT molecular complexity index is 500. The minimum absolute atomic E-state index is 0.610. The second kappa shape index (κ2) is 8.89. The van der Waals surface area contributed by atoms with Crippen LogP contribution in [0.15, 0.2) is 24.5 Å². The number of rotatable bonds is 5. The van der Waals surface area contributed by atoms with Crippen LogP contribution < -0.4 is 0 Å². The number of carboxylic acids is 2. The summed E-state index contributed by atoms with van der Waals surface area (Å²) in [4.78, 5) is 36.4. The van der Waals surface area contributed by atoms with Crippen LogP contribution in [0, 0.1) is 0 Å². The van der Waals surface area contributed by atoms with Crippen LogP contribution in [0.25, 0.3) is 0 Å². The van der Waals surface area contributed by atoms with E-state index >= 15 is 0 Å². The van der Waals surface area contributed by atoms with Gasteiger partial charge in [-0.3, -0.25) is 24.3 Å². The third-order valence-electron chi connectivity index (χ3n) is 3.29. The van der Waals surface area contributed by atoms with Gasteiger partial charge in [-0.05, 0) is 38.1 Å². The molecule has 22 heavy (non-hydrogen) atoms. The highest BCUT2D eigenvalue weighted by atomic mass is 16.4. The zero-order valence-corrected chi connectivity index (χ0v) is 12.4. The summed E-state index contributed by atoms with van der Waals surface area (Å²) < 4.78 is 0. The second-order valence-corrected chi connectivity index (χ2v) is 5.10. The lowest BCUT2D eigenvalue weighted by atomic mass is 10.1. The standard InChI is InChI=1S/C10H14N2.C5H6O5/c1-12-7-3-5-10(12)9-4-2-6-11-8-9;6-3(1-4(7)8)2-5(9)10/h2,4,6,8,10H,3,5,7H2,1H3;1-2H2,(H,7,8)(H,9,10). The molecule has 1 aromatic heterocycles. The van der Waals surface area contributed by atoms with Crippen LogP contribution in [0.4, 0.5) is 0 Å². The maximum atomic E-state index is 10.3. The molecule has 1 aromatic rings. The van der Waals surface area contributed by atoms with Crippen molar-refractivity contribution in [3.63, 3.8) is 0 Å². The van der Waals surface area contributed by atoms with Crippen molar-refractivity contribution in [1.82, 2.24) is 9.88 Å². The molecule has 7 nitrogen and oxygen atoms in total. The molecule has 1 aliphatic heterocycles. The number of hydrogen-bond donors (Lipinski definition) is 2. The number of carbonyl (C=O) groups excluding carboxylic acids is 1. The molecule has 1 atom stereocenters. The van der Waals surface area contributed by atoms with E-state index < -0.39 is 30.6 Å². The summed E-state index contributed by atoms with van der Waals surface area (Å²) >= 11 is 0. The van der Waals surface area contributed by atoms with Crippen LogP contribution in [0.3, 0.4) is 0 Å². The minimum atomic E-state index is -1.30. The maximum Gasteiger partial charge on any atom is 0.310 e. The molecule has 0 amide bonds. The predicted octanol–water partition coefficient (Wildman–Crippen LogP) is 1.35. The first-order chi connectivity index (χ1) is 10.4. The van der Waals surface area contributed by atoms with Gasteiger partial charge >= 0.3 is 11.9 Å². The number of ketones is 1. The molecule has 0 spiro atoms. The quantitative estimate of drug-likeness (QED) is 0.790. The SMILES string of the molecule is CN1CCCC1c1cccnc1.O=C(O)CC(=O)CC(=O)O. The van der Waals surface area contributed by atoms with Gasteiger partial charge in [-0.1, -0.05) is 6.07 Å². The van der Waals surface area contributed by atoms with Crippen LogP contribution in [0.2, 0.25) is 0 Å². The zero-order valence-electron chi connectivity index (χ0n) is 12.4. The maximum absolute atomic E-state index is 10.3. The van der Waals surface area contributed by atoms with Crippen LogP contribution in [0.5, 0.6) is 0 Å². The molecule has 2 heterocycles. The summed E-state index contributed by atoms with van der Waals surface area (Å²) in [7, 11) is 2.19. The number of nitrogens with zero attached hydrogens (tertiary/aromatic N) is 2. The molecular formula is C15H20N2O5. The lowest BCUT2D eigenvalue weighted by Crippen LogP contribution is -2.17. The molecular weight excluding hydrogens is 288 g/mol. The lowest BCUT2D eigenvalue weighted by molar-refractivity contribution is -0.143. The molecule has 0 aliphatic carbocycles. The van der Waals surface area contributed by atoms with Gasteiger partial charge in [-0.15, -0.1) is 0 Å². The van der Waals surface area contributed by atoms with Gasteiger partial charge in [0.05, 0.1) is 0 Å². The third kappa shape index (κ3) is 6.45. The van der Waals surface area contributed by atoms with Crippen molar-refractivity contribution in [2.24, 2.45) is 0 Å². The molecule has 1 aliphatic rings. The first kappa shape index (κ1) is 17.8. The molecule has 1 saturated heterocycles. The van der Waals surface area contributed by atoms with Crippen molar-refractivity contribution in [2.45, 2.75) is 31.7 Å². The first-order valence-corrected chi connectivity index (χ1v) is 6.95. The van der Waals surface area contributed by atoms with E-state index in [-0.39, 0.29) is 0 Å². The van der Waals surface area contributed by atoms with Gasteiger partial charge in [-0.25, -0.2) is 0 Å². The molecule has 7 heteroatoms. The second-order valence-electron chi connectivity index (χ2n) is 5.10. The van der Waals surface area contributed by atoms with E-state index in [1.807, 2.05) is 18.5 Å². The number of likely N-dealkylation sites (tertiary alicyclic amines) is 1. The lowest BCUT2D eigenvalue weighted by Gasteiger charge is -2.18. The van der Waals surface area contributed by atoms with E-state index in [9.17, 15) is 14.4 Å². The van der Waals surface area contributed by atoms with Crippen LogP contribution in [0.1, 0.15) is 37.3 Å². The Morgan fingerprint density at radius 2 is 1.91 bits per heavy atom. The average Bonchev–Trinajstić information content (AvgIpc) is 2.85. The van der Waals surface area contributed by atoms with E-state index in [1.54, 1.807) is 0 Å². The van der Waals surface area contributed by atoms with Crippen LogP contribution in [-0.4, -0.2) is 51.4 Å². The Morgan fingerprint density at radius 1 is 1.27 bits per heavy atom. The Labute approximate surface area is 128 Å². The fraction of sp³-hybridized carbons (Fsp3) is 0.467. The normalized spacial score (nSPS) is 17.4.